The van der Waals surface area contributed by atoms with Gasteiger partial charge in [-0.1, -0.05) is 77.8 Å². The zero-order chi connectivity index (χ0) is 46.2. The Kier molecular flexibility index (Phi) is 11.1. The van der Waals surface area contributed by atoms with E-state index in [2.05, 4.69) is 116 Å². The number of piperidine rings is 1. The Morgan fingerprint density at radius 3 is 1.76 bits per heavy atom. The number of anilines is 1. The van der Waals surface area contributed by atoms with Crippen LogP contribution in [0.3, 0.4) is 0 Å². The summed E-state index contributed by atoms with van der Waals surface area (Å²) in [6.07, 6.45) is 8.47. The fraction of sp³-hybridized carbons (Fsp3) is 0.439. The number of H-pyrrole nitrogens is 2. The number of piperazine rings is 1. The summed E-state index contributed by atoms with van der Waals surface area (Å²) < 4.78 is 0. The third-order valence-corrected chi connectivity index (χ3v) is 16.2. The number of hydrogen-bond acceptors (Lipinski definition) is 7. The van der Waals surface area contributed by atoms with Crippen LogP contribution in [0.4, 0.5) is 5.69 Å². The van der Waals surface area contributed by atoms with Gasteiger partial charge < -0.3 is 19.8 Å². The molecule has 0 spiro atoms. The molecule has 66 heavy (non-hydrogen) atoms. The van der Waals surface area contributed by atoms with Crippen molar-refractivity contribution in [2.24, 2.45) is 0 Å². The Bertz CT molecular complexity index is 3000. The van der Waals surface area contributed by atoms with Crippen molar-refractivity contribution in [1.29, 1.82) is 10.5 Å². The van der Waals surface area contributed by atoms with Crippen LogP contribution in [-0.2, 0) is 17.3 Å². The Balaban J connectivity index is 0.000000156. The first kappa shape index (κ1) is 43.9. The molecule has 0 bridgehead atoms. The molecule has 0 radical (unpaired) electrons. The quantitative estimate of drug-likeness (QED) is 0.171. The number of carbonyl (C=O) groups excluding carboxylic acids is 2. The molecule has 9 heteroatoms. The van der Waals surface area contributed by atoms with E-state index in [1.54, 1.807) is 12.1 Å². The second-order valence-electron chi connectivity index (χ2n) is 21.0. The molecule has 2 aliphatic heterocycles. The lowest BCUT2D eigenvalue weighted by Gasteiger charge is -2.44. The zero-order valence-electron chi connectivity index (χ0n) is 39.8. The molecule has 4 aromatic carbocycles. The Labute approximate surface area is 389 Å². The van der Waals surface area contributed by atoms with Crippen LogP contribution in [0, 0.1) is 22.7 Å². The molecule has 11 rings (SSSR count). The third kappa shape index (κ3) is 7.18. The van der Waals surface area contributed by atoms with Crippen molar-refractivity contribution in [2.45, 2.75) is 122 Å². The Hall–Kier alpha value is -6.00. The average Bonchev–Trinajstić information content (AvgIpc) is 3.90. The van der Waals surface area contributed by atoms with Crippen molar-refractivity contribution < 1.29 is 9.59 Å². The maximum Gasteiger partial charge on any atom is 0.195 e. The zero-order valence-corrected chi connectivity index (χ0v) is 39.8. The van der Waals surface area contributed by atoms with E-state index < -0.39 is 0 Å². The summed E-state index contributed by atoms with van der Waals surface area (Å²) in [4.78, 5) is 42.3. The predicted molar refractivity (Wildman–Crippen MR) is 264 cm³/mol. The standard InChI is InChI=1S/C30H34N4O.C27H29N3O/c1-4-6-20-16-23-24(17-26(20)34-13-11-33(12-14-34)21-7-5-8-21)30(2,3)29-27(28(23)35)22-10-9-19(18-31)15-25(22)32-29;1-16(2)30-11-9-18(10-12-30)19-6-8-20-22(14-19)27(3,4)26-24(25(20)31)21-7-5-17(15-28)13-23(21)29-26/h9-10,15-17,21,32H,4-8,11-14H2,1-3H3;5-8,13-14,16,18,29H,9-12H2,1-4H3. The number of hydrogen-bond donors (Lipinski definition) is 2. The maximum absolute atomic E-state index is 13.9. The molecule has 338 valence electrons. The van der Waals surface area contributed by atoms with E-state index in [4.69, 9.17) is 0 Å². The van der Waals surface area contributed by atoms with Crippen LogP contribution in [0.15, 0.2) is 66.7 Å². The van der Waals surface area contributed by atoms with Gasteiger partial charge in [0.25, 0.3) is 0 Å². The van der Waals surface area contributed by atoms with Gasteiger partial charge in [0.2, 0.25) is 0 Å². The van der Waals surface area contributed by atoms with Crippen molar-refractivity contribution in [1.82, 2.24) is 19.8 Å². The molecule has 2 saturated heterocycles. The minimum atomic E-state index is -0.336. The number of rotatable bonds is 6. The van der Waals surface area contributed by atoms with Crippen LogP contribution >= 0.6 is 0 Å². The summed E-state index contributed by atoms with van der Waals surface area (Å²) >= 11 is 0. The van der Waals surface area contributed by atoms with Crippen LogP contribution in [-0.4, -0.2) is 82.7 Å². The first-order chi connectivity index (χ1) is 31.7. The van der Waals surface area contributed by atoms with Gasteiger partial charge in [0.15, 0.2) is 11.6 Å². The van der Waals surface area contributed by atoms with Crippen LogP contribution < -0.4 is 4.90 Å². The summed E-state index contributed by atoms with van der Waals surface area (Å²) in [5.74, 6) is 0.735. The summed E-state index contributed by atoms with van der Waals surface area (Å²) in [5, 5.41) is 20.4. The number of likely N-dealkylation sites (tertiary alicyclic amines) is 1. The monoisotopic (exact) mass is 878 g/mol. The number of aryl methyl sites for hydroxylation is 1. The molecule has 3 aliphatic carbocycles. The molecule has 9 nitrogen and oxygen atoms in total. The first-order valence-corrected chi connectivity index (χ1v) is 24.5. The number of aromatic amines is 2. The largest absolute Gasteiger partial charge is 0.369 e. The lowest BCUT2D eigenvalue weighted by atomic mass is 9.70. The molecule has 0 unspecified atom stereocenters. The van der Waals surface area contributed by atoms with Crippen molar-refractivity contribution in [3.8, 4) is 12.1 Å². The molecular formula is C57H63N7O2. The van der Waals surface area contributed by atoms with E-state index >= 15 is 0 Å². The topological polar surface area (TPSA) is 123 Å². The smallest absolute Gasteiger partial charge is 0.195 e. The molecule has 6 aromatic rings. The van der Waals surface area contributed by atoms with Crippen LogP contribution in [0.1, 0.15) is 170 Å². The van der Waals surface area contributed by atoms with Gasteiger partial charge in [0, 0.05) is 99.1 Å². The van der Waals surface area contributed by atoms with Crippen molar-refractivity contribution in [3.05, 3.63) is 134 Å². The van der Waals surface area contributed by atoms with Crippen molar-refractivity contribution in [3.63, 3.8) is 0 Å². The van der Waals surface area contributed by atoms with Gasteiger partial charge in [-0.15, -0.1) is 0 Å². The van der Waals surface area contributed by atoms with E-state index in [1.807, 2.05) is 24.3 Å². The molecule has 2 aromatic heterocycles. The second-order valence-corrected chi connectivity index (χ2v) is 21.0. The maximum atomic E-state index is 13.9. The van der Waals surface area contributed by atoms with Gasteiger partial charge in [-0.05, 0) is 124 Å². The summed E-state index contributed by atoms with van der Waals surface area (Å²) in [7, 11) is 0. The fourth-order valence-corrected chi connectivity index (χ4v) is 11.9. The molecule has 5 aliphatic rings. The van der Waals surface area contributed by atoms with E-state index in [0.29, 0.717) is 23.1 Å². The summed E-state index contributed by atoms with van der Waals surface area (Å²) in [5.41, 5.74) is 13.6. The highest BCUT2D eigenvalue weighted by molar-refractivity contribution is 6.21. The normalized spacial score (nSPS) is 19.3. The highest BCUT2D eigenvalue weighted by Crippen LogP contribution is 2.47. The average molecular weight is 878 g/mol. The Morgan fingerprint density at radius 1 is 0.682 bits per heavy atom. The number of nitrogens with one attached hydrogen (secondary N) is 2. The van der Waals surface area contributed by atoms with Crippen LogP contribution in [0.2, 0.25) is 0 Å². The van der Waals surface area contributed by atoms with Crippen molar-refractivity contribution in [2.75, 3.05) is 44.2 Å². The number of nitrogens with zero attached hydrogens (tertiary/aromatic N) is 5. The number of carbonyl (C=O) groups is 2. The summed E-state index contributed by atoms with van der Waals surface area (Å²) in [6, 6.07) is 28.0. The van der Waals surface area contributed by atoms with Gasteiger partial charge in [0.05, 0.1) is 34.4 Å². The fourth-order valence-electron chi connectivity index (χ4n) is 11.9. The second kappa shape index (κ2) is 16.7. The van der Waals surface area contributed by atoms with Crippen molar-refractivity contribution >= 4 is 39.1 Å². The predicted octanol–water partition coefficient (Wildman–Crippen LogP) is 11.0. The highest BCUT2D eigenvalue weighted by Gasteiger charge is 2.42. The molecular weight excluding hydrogens is 815 g/mol. The number of nitriles is 2. The lowest BCUT2D eigenvalue weighted by Crippen LogP contribution is -2.52. The van der Waals surface area contributed by atoms with E-state index in [9.17, 15) is 20.1 Å². The van der Waals surface area contributed by atoms with Gasteiger partial charge >= 0.3 is 0 Å². The highest BCUT2D eigenvalue weighted by atomic mass is 16.1. The summed E-state index contributed by atoms with van der Waals surface area (Å²) in [6.45, 7) is 22.2. The SMILES string of the molecule is CC(C)N1CCC(c2ccc3c(c2)C(C)(C)c2[nH]c4cc(C#N)ccc4c2C3=O)CC1.CCCc1cc2c(cc1N1CCN(C3CCC3)CC1)C(C)(C)c1[nH]c3cc(C#N)ccc3c1C2=O. The van der Waals surface area contributed by atoms with Crippen LogP contribution in [0.5, 0.6) is 0 Å². The van der Waals surface area contributed by atoms with Gasteiger partial charge in [-0.3, -0.25) is 14.5 Å². The Morgan fingerprint density at radius 2 is 1.24 bits per heavy atom. The van der Waals surface area contributed by atoms with E-state index in [-0.39, 0.29) is 22.4 Å². The first-order valence-electron chi connectivity index (χ1n) is 24.5. The molecule has 3 fully saturated rings. The van der Waals surface area contributed by atoms with Gasteiger partial charge in [0.1, 0.15) is 0 Å². The minimum Gasteiger partial charge on any atom is -0.369 e. The number of ketones is 2. The lowest BCUT2D eigenvalue weighted by molar-refractivity contribution is 0.102. The molecule has 0 atom stereocenters. The number of fused-ring (bicyclic) bond motifs is 8. The molecule has 4 heterocycles. The van der Waals surface area contributed by atoms with Gasteiger partial charge in [-0.2, -0.15) is 10.5 Å². The molecule has 0 amide bonds. The van der Waals surface area contributed by atoms with E-state index in [1.165, 1.54) is 48.9 Å². The van der Waals surface area contributed by atoms with Crippen LogP contribution in [0.25, 0.3) is 21.8 Å². The van der Waals surface area contributed by atoms with Gasteiger partial charge in [-0.25, -0.2) is 0 Å². The number of aromatic nitrogens is 2. The third-order valence-electron chi connectivity index (χ3n) is 16.2. The number of benzene rings is 4. The van der Waals surface area contributed by atoms with E-state index in [0.717, 1.165) is 125 Å². The minimum absolute atomic E-state index is 0.0847. The molecule has 2 N–H and O–H groups in total. The molecule has 1 saturated carbocycles.